The van der Waals surface area contributed by atoms with Crippen molar-refractivity contribution < 1.29 is 13.9 Å². The number of para-hydroxylation sites is 2. The summed E-state index contributed by atoms with van der Waals surface area (Å²) in [5.41, 5.74) is 7.28. The van der Waals surface area contributed by atoms with Gasteiger partial charge in [-0.1, -0.05) is 18.2 Å². The average molecular weight is 445 g/mol. The molecule has 0 bridgehead atoms. The van der Waals surface area contributed by atoms with E-state index in [0.717, 1.165) is 0 Å². The molecule has 2 aromatic rings. The first-order chi connectivity index (χ1) is 11.1. The Morgan fingerprint density at radius 1 is 1.21 bits per heavy atom. The maximum absolute atomic E-state index is 13.8. The van der Waals surface area contributed by atoms with E-state index < -0.39 is 5.82 Å². The Bertz CT molecular complexity index is 695. The van der Waals surface area contributed by atoms with Gasteiger partial charge in [-0.2, -0.15) is 0 Å². The monoisotopic (exact) mass is 445 g/mol. The van der Waals surface area contributed by atoms with Crippen LogP contribution >= 0.6 is 24.0 Å². The molecule has 0 aliphatic heterocycles. The van der Waals surface area contributed by atoms with Gasteiger partial charge in [0, 0.05) is 0 Å². The number of benzene rings is 2. The van der Waals surface area contributed by atoms with E-state index in [4.69, 9.17) is 15.2 Å². The minimum Gasteiger partial charge on any atom is -0.495 e. The Hall–Kier alpha value is -2.03. The zero-order valence-corrected chi connectivity index (χ0v) is 15.9. The molecule has 3 N–H and O–H groups in total. The highest BCUT2D eigenvalue weighted by molar-refractivity contribution is 14.0. The molecule has 0 heterocycles. The first-order valence-corrected chi connectivity index (χ1v) is 7.25. The van der Waals surface area contributed by atoms with Crippen molar-refractivity contribution in [1.29, 1.82) is 0 Å². The molecule has 0 aliphatic rings. The molecule has 0 amide bonds. The van der Waals surface area contributed by atoms with Gasteiger partial charge in [-0.25, -0.2) is 9.38 Å². The molecular formula is C17H21FIN3O2. The maximum atomic E-state index is 13.8. The molecule has 0 unspecified atom stereocenters. The van der Waals surface area contributed by atoms with Gasteiger partial charge in [0.1, 0.15) is 5.75 Å². The number of halogens is 2. The minimum absolute atomic E-state index is 0. The number of anilines is 1. The molecule has 0 radical (unpaired) electrons. The van der Waals surface area contributed by atoms with Crippen LogP contribution in [0.4, 0.5) is 10.1 Å². The lowest BCUT2D eigenvalue weighted by molar-refractivity contribution is 0.321. The lowest BCUT2D eigenvalue weighted by Gasteiger charge is -2.10. The lowest BCUT2D eigenvalue weighted by Crippen LogP contribution is -2.22. The van der Waals surface area contributed by atoms with Gasteiger partial charge in [0.25, 0.3) is 0 Å². The highest BCUT2D eigenvalue weighted by Crippen LogP contribution is 2.23. The molecule has 0 fully saturated rings. The van der Waals surface area contributed by atoms with Gasteiger partial charge in [0.15, 0.2) is 17.5 Å². The van der Waals surface area contributed by atoms with Gasteiger partial charge in [-0.05, 0) is 36.8 Å². The van der Waals surface area contributed by atoms with Crippen molar-refractivity contribution in [1.82, 2.24) is 0 Å². The topological polar surface area (TPSA) is 68.9 Å². The van der Waals surface area contributed by atoms with E-state index in [1.165, 1.54) is 6.07 Å². The fourth-order valence-corrected chi connectivity index (χ4v) is 2.02. The second-order valence-corrected chi connectivity index (χ2v) is 4.72. The van der Waals surface area contributed by atoms with Crippen LogP contribution in [0, 0.1) is 5.82 Å². The number of hydrogen-bond donors (Lipinski definition) is 2. The van der Waals surface area contributed by atoms with Gasteiger partial charge < -0.3 is 20.5 Å². The van der Waals surface area contributed by atoms with Gasteiger partial charge in [0.2, 0.25) is 0 Å². The van der Waals surface area contributed by atoms with Gasteiger partial charge in [0.05, 0.1) is 25.9 Å². The summed E-state index contributed by atoms with van der Waals surface area (Å²) in [6, 6.07) is 12.1. The van der Waals surface area contributed by atoms with E-state index in [1.54, 1.807) is 19.2 Å². The van der Waals surface area contributed by atoms with Crippen LogP contribution in [0.2, 0.25) is 0 Å². The van der Waals surface area contributed by atoms with Crippen molar-refractivity contribution in [2.45, 2.75) is 13.5 Å². The zero-order chi connectivity index (χ0) is 16.7. The quantitative estimate of drug-likeness (QED) is 0.404. The molecule has 2 rings (SSSR count). The Morgan fingerprint density at radius 3 is 2.62 bits per heavy atom. The van der Waals surface area contributed by atoms with Crippen molar-refractivity contribution in [3.05, 3.63) is 53.8 Å². The van der Waals surface area contributed by atoms with E-state index >= 15 is 0 Å². The summed E-state index contributed by atoms with van der Waals surface area (Å²) in [7, 11) is 1.58. The number of guanidine groups is 1. The Morgan fingerprint density at radius 2 is 1.96 bits per heavy atom. The smallest absolute Gasteiger partial charge is 0.193 e. The average Bonchev–Trinajstić information content (AvgIpc) is 2.56. The normalized spacial score (nSPS) is 10.7. The van der Waals surface area contributed by atoms with Crippen molar-refractivity contribution in [3.63, 3.8) is 0 Å². The summed E-state index contributed by atoms with van der Waals surface area (Å²) in [5, 5.41) is 2.96. The SMILES string of the molecule is CCOc1ccc(CN=C(N)Nc2ccccc2OC)cc1F.I. The van der Waals surface area contributed by atoms with Crippen LogP contribution in [-0.2, 0) is 6.54 Å². The predicted molar refractivity (Wildman–Crippen MR) is 105 cm³/mol. The van der Waals surface area contributed by atoms with Crippen molar-refractivity contribution >= 4 is 35.6 Å². The molecule has 0 aromatic heterocycles. The minimum atomic E-state index is -0.407. The second kappa shape index (κ2) is 9.96. The fraction of sp³-hybridized carbons (Fsp3) is 0.235. The summed E-state index contributed by atoms with van der Waals surface area (Å²) >= 11 is 0. The largest absolute Gasteiger partial charge is 0.495 e. The molecule has 130 valence electrons. The number of nitrogens with one attached hydrogen (secondary N) is 1. The van der Waals surface area contributed by atoms with Crippen LogP contribution in [0.5, 0.6) is 11.5 Å². The molecule has 0 atom stereocenters. The van der Waals surface area contributed by atoms with E-state index in [1.807, 2.05) is 31.2 Å². The standard InChI is InChI=1S/C17H20FN3O2.HI/c1-3-23-15-9-8-12(10-13(15)18)11-20-17(19)21-14-6-4-5-7-16(14)22-2;/h4-10H,3,11H2,1-2H3,(H3,19,20,21);1H. The Balaban J connectivity index is 0.00000288. The molecule has 0 aliphatic carbocycles. The highest BCUT2D eigenvalue weighted by atomic mass is 127. The molecule has 7 heteroatoms. The molecule has 2 aromatic carbocycles. The molecule has 0 saturated heterocycles. The van der Waals surface area contributed by atoms with Crippen LogP contribution in [-0.4, -0.2) is 19.7 Å². The number of aliphatic imine (C=N–C) groups is 1. The summed E-state index contributed by atoms with van der Waals surface area (Å²) in [6.07, 6.45) is 0. The number of rotatable bonds is 6. The number of hydrogen-bond acceptors (Lipinski definition) is 3. The number of nitrogens with two attached hydrogens (primary N) is 1. The second-order valence-electron chi connectivity index (χ2n) is 4.72. The molecule has 0 spiro atoms. The lowest BCUT2D eigenvalue weighted by atomic mass is 10.2. The number of methoxy groups -OCH3 is 1. The van der Waals surface area contributed by atoms with Crippen LogP contribution in [0.15, 0.2) is 47.5 Å². The molecule has 0 saturated carbocycles. The van der Waals surface area contributed by atoms with Gasteiger partial charge >= 0.3 is 0 Å². The van der Waals surface area contributed by atoms with E-state index in [0.29, 0.717) is 23.6 Å². The molecular weight excluding hydrogens is 424 g/mol. The molecule has 24 heavy (non-hydrogen) atoms. The maximum Gasteiger partial charge on any atom is 0.193 e. The first-order valence-electron chi connectivity index (χ1n) is 7.25. The first kappa shape index (κ1) is 20.0. The summed E-state index contributed by atoms with van der Waals surface area (Å²) in [5.74, 6) is 0.720. The Labute approximate surface area is 158 Å². The fourth-order valence-electron chi connectivity index (χ4n) is 2.02. The van der Waals surface area contributed by atoms with Crippen molar-refractivity contribution in [3.8, 4) is 11.5 Å². The van der Waals surface area contributed by atoms with Crippen molar-refractivity contribution in [2.75, 3.05) is 19.0 Å². The van der Waals surface area contributed by atoms with Crippen LogP contribution in [0.25, 0.3) is 0 Å². The molecule has 5 nitrogen and oxygen atoms in total. The van der Waals surface area contributed by atoms with Crippen molar-refractivity contribution in [2.24, 2.45) is 10.7 Å². The summed E-state index contributed by atoms with van der Waals surface area (Å²) < 4.78 is 24.2. The summed E-state index contributed by atoms with van der Waals surface area (Å²) in [6.45, 7) is 2.49. The van der Waals surface area contributed by atoms with E-state index in [9.17, 15) is 4.39 Å². The van der Waals surface area contributed by atoms with Crippen LogP contribution in [0.3, 0.4) is 0 Å². The summed E-state index contributed by atoms with van der Waals surface area (Å²) in [4.78, 5) is 4.20. The third-order valence-electron chi connectivity index (χ3n) is 3.10. The highest BCUT2D eigenvalue weighted by Gasteiger charge is 2.05. The third kappa shape index (κ3) is 5.55. The van der Waals surface area contributed by atoms with Crippen LogP contribution in [0.1, 0.15) is 12.5 Å². The third-order valence-corrected chi connectivity index (χ3v) is 3.10. The Kier molecular flexibility index (Phi) is 8.31. The number of nitrogens with zero attached hydrogens (tertiary/aromatic N) is 1. The van der Waals surface area contributed by atoms with Gasteiger partial charge in [-0.3, -0.25) is 0 Å². The van der Waals surface area contributed by atoms with E-state index in [2.05, 4.69) is 10.3 Å². The predicted octanol–water partition coefficient (Wildman–Crippen LogP) is 3.78. The van der Waals surface area contributed by atoms with Crippen LogP contribution < -0.4 is 20.5 Å². The van der Waals surface area contributed by atoms with E-state index in [-0.39, 0.29) is 42.2 Å². The zero-order valence-electron chi connectivity index (χ0n) is 13.6. The van der Waals surface area contributed by atoms with Gasteiger partial charge in [-0.15, -0.1) is 24.0 Å². The number of ether oxygens (including phenoxy) is 2.